The molecule has 6 nitrogen and oxygen atoms in total. The summed E-state index contributed by atoms with van der Waals surface area (Å²) in [6.07, 6.45) is -2.74. The van der Waals surface area contributed by atoms with Gasteiger partial charge in [0.15, 0.2) is 0 Å². The Kier molecular flexibility index (Phi) is 7.77. The van der Waals surface area contributed by atoms with Crippen molar-refractivity contribution in [3.63, 3.8) is 0 Å². The summed E-state index contributed by atoms with van der Waals surface area (Å²) in [6, 6.07) is 13.1. The number of nitrogens with zero attached hydrogens (tertiary/aromatic N) is 5. The van der Waals surface area contributed by atoms with Crippen LogP contribution in [-0.2, 0) is 18.5 Å². The van der Waals surface area contributed by atoms with Crippen molar-refractivity contribution in [2.45, 2.75) is 38.5 Å². The number of anilines is 1. The van der Waals surface area contributed by atoms with Crippen molar-refractivity contribution in [3.8, 4) is 17.9 Å². The van der Waals surface area contributed by atoms with Crippen molar-refractivity contribution in [2.75, 3.05) is 45.1 Å². The zero-order valence-electron chi connectivity index (χ0n) is 21.4. The third-order valence-electron chi connectivity index (χ3n) is 6.64. The first-order valence-electron chi connectivity index (χ1n) is 12.2. The van der Waals surface area contributed by atoms with E-state index in [0.717, 1.165) is 42.8 Å². The Bertz CT molecular complexity index is 1330. The Balaban J connectivity index is 1.54. The van der Waals surface area contributed by atoms with Gasteiger partial charge in [0.1, 0.15) is 6.54 Å². The highest BCUT2D eigenvalue weighted by Gasteiger charge is 2.30. The highest BCUT2D eigenvalue weighted by molar-refractivity contribution is 5.86. The lowest BCUT2D eigenvalue weighted by atomic mass is 9.91. The number of likely N-dealkylation sites (N-methyl/N-ethyl adjacent to an activating group) is 1. The summed E-state index contributed by atoms with van der Waals surface area (Å²) in [4.78, 5) is 8.94. The molecule has 37 heavy (non-hydrogen) atoms. The van der Waals surface area contributed by atoms with Gasteiger partial charge in [-0.1, -0.05) is 18.1 Å². The monoisotopic (exact) mass is 508 g/mol. The number of piperazine rings is 1. The quantitative estimate of drug-likeness (QED) is 0.493. The minimum atomic E-state index is -4.36. The molecule has 0 saturated carbocycles. The maximum absolute atomic E-state index is 13.5. The Morgan fingerprint density at radius 3 is 2.49 bits per heavy atom. The van der Waals surface area contributed by atoms with Gasteiger partial charge < -0.3 is 14.8 Å². The number of hydrogen-bond acceptors (Lipinski definition) is 5. The highest BCUT2D eigenvalue weighted by atomic mass is 19.4. The van der Waals surface area contributed by atoms with Gasteiger partial charge in [-0.05, 0) is 56.6 Å². The molecule has 1 saturated heterocycles. The predicted octanol–water partition coefficient (Wildman–Crippen LogP) is 4.61. The standard InChI is InChI=1S/C28H31F3N6/c1-27(2,19-32)26-10-9-22(17-34-26)33-11-5-7-23-16-24-21(18-36-14-12-35(3)13-15-36)6-4-8-25(24)37(23)20-28(29,30)31/h4,6,8-10,16-17,33H,11-15,18,20H2,1-3H3. The molecule has 1 aromatic carbocycles. The van der Waals surface area contributed by atoms with Crippen molar-refractivity contribution >= 4 is 16.6 Å². The lowest BCUT2D eigenvalue weighted by molar-refractivity contribution is -0.140. The third-order valence-corrected chi connectivity index (χ3v) is 6.64. The number of alkyl halides is 3. The van der Waals surface area contributed by atoms with Crippen LogP contribution in [0.5, 0.6) is 0 Å². The molecule has 9 heteroatoms. The number of benzene rings is 1. The Labute approximate surface area is 215 Å². The maximum Gasteiger partial charge on any atom is 0.406 e. The number of nitrogens with one attached hydrogen (secondary N) is 1. The topological polar surface area (TPSA) is 60.1 Å². The van der Waals surface area contributed by atoms with Gasteiger partial charge in [-0.3, -0.25) is 9.88 Å². The molecule has 0 aliphatic carbocycles. The Morgan fingerprint density at radius 2 is 1.84 bits per heavy atom. The largest absolute Gasteiger partial charge is 0.406 e. The van der Waals surface area contributed by atoms with Crippen molar-refractivity contribution in [3.05, 3.63) is 59.5 Å². The second-order valence-corrected chi connectivity index (χ2v) is 9.98. The predicted molar refractivity (Wildman–Crippen MR) is 139 cm³/mol. The van der Waals surface area contributed by atoms with Crippen LogP contribution in [0.3, 0.4) is 0 Å². The first-order chi connectivity index (χ1) is 17.6. The van der Waals surface area contributed by atoms with Crippen LogP contribution in [0, 0.1) is 23.2 Å². The van der Waals surface area contributed by atoms with Crippen LogP contribution in [0.1, 0.15) is 30.8 Å². The number of nitriles is 1. The lowest BCUT2D eigenvalue weighted by Crippen LogP contribution is -2.43. The zero-order valence-corrected chi connectivity index (χ0v) is 21.4. The summed E-state index contributed by atoms with van der Waals surface area (Å²) >= 11 is 0. The van der Waals surface area contributed by atoms with E-state index in [1.165, 1.54) is 4.57 Å². The molecule has 1 fully saturated rings. The van der Waals surface area contributed by atoms with Crippen molar-refractivity contribution in [1.29, 1.82) is 5.26 Å². The van der Waals surface area contributed by atoms with Crippen LogP contribution in [0.15, 0.2) is 42.6 Å². The molecule has 3 aromatic rings. The summed E-state index contributed by atoms with van der Waals surface area (Å²) in [5.74, 6) is 5.90. The summed E-state index contributed by atoms with van der Waals surface area (Å²) in [5, 5.41) is 13.2. The SMILES string of the molecule is CN1CCN(Cc2cccc3c2cc(C#CCNc2ccc(C(C)(C)C#N)nc2)n3CC(F)(F)F)CC1. The number of rotatable bonds is 6. The van der Waals surface area contributed by atoms with Gasteiger partial charge in [0, 0.05) is 43.6 Å². The van der Waals surface area contributed by atoms with E-state index in [2.05, 4.69) is 45.1 Å². The van der Waals surface area contributed by atoms with Crippen molar-refractivity contribution < 1.29 is 13.2 Å². The van der Waals surface area contributed by atoms with E-state index in [-0.39, 0.29) is 6.54 Å². The number of pyridine rings is 1. The van der Waals surface area contributed by atoms with Gasteiger partial charge in [0.25, 0.3) is 0 Å². The molecule has 0 radical (unpaired) electrons. The highest BCUT2D eigenvalue weighted by Crippen LogP contribution is 2.28. The van der Waals surface area contributed by atoms with E-state index in [9.17, 15) is 18.4 Å². The first kappa shape index (κ1) is 26.5. The van der Waals surface area contributed by atoms with Crippen LogP contribution in [0.4, 0.5) is 18.9 Å². The third kappa shape index (κ3) is 6.62. The summed E-state index contributed by atoms with van der Waals surface area (Å²) in [7, 11) is 2.09. The van der Waals surface area contributed by atoms with Gasteiger partial charge in [0.2, 0.25) is 0 Å². The minimum absolute atomic E-state index is 0.240. The fraction of sp³-hybridized carbons (Fsp3) is 0.429. The van der Waals surface area contributed by atoms with Gasteiger partial charge >= 0.3 is 6.18 Å². The lowest BCUT2D eigenvalue weighted by Gasteiger charge is -2.32. The number of halogens is 3. The molecule has 0 amide bonds. The molecule has 2 aromatic heterocycles. The molecule has 0 spiro atoms. The second-order valence-electron chi connectivity index (χ2n) is 9.98. The summed E-state index contributed by atoms with van der Waals surface area (Å²) in [6.45, 7) is 7.25. The molecular weight excluding hydrogens is 477 g/mol. The number of fused-ring (bicyclic) bond motifs is 1. The van der Waals surface area contributed by atoms with Crippen LogP contribution >= 0.6 is 0 Å². The van der Waals surface area contributed by atoms with E-state index in [1.807, 2.05) is 18.2 Å². The van der Waals surface area contributed by atoms with Crippen LogP contribution < -0.4 is 5.32 Å². The molecule has 0 bridgehead atoms. The van der Waals surface area contributed by atoms with Gasteiger partial charge in [0.05, 0.1) is 41.3 Å². The molecule has 0 atom stereocenters. The van der Waals surface area contributed by atoms with Crippen LogP contribution in [-0.4, -0.2) is 65.3 Å². The van der Waals surface area contributed by atoms with Crippen molar-refractivity contribution in [2.24, 2.45) is 0 Å². The molecule has 0 unspecified atom stereocenters. The minimum Gasteiger partial charge on any atom is -0.373 e. The normalized spacial score (nSPS) is 15.3. The molecule has 1 aliphatic rings. The second kappa shape index (κ2) is 10.8. The van der Waals surface area contributed by atoms with Gasteiger partial charge in [-0.2, -0.15) is 18.4 Å². The summed E-state index contributed by atoms with van der Waals surface area (Å²) in [5.41, 5.74) is 2.58. The molecular formula is C28H31F3N6. The van der Waals surface area contributed by atoms with Crippen molar-refractivity contribution in [1.82, 2.24) is 19.4 Å². The fourth-order valence-corrected chi connectivity index (χ4v) is 4.39. The van der Waals surface area contributed by atoms with E-state index < -0.39 is 18.1 Å². The summed E-state index contributed by atoms with van der Waals surface area (Å²) < 4.78 is 41.7. The first-order valence-corrected chi connectivity index (χ1v) is 12.2. The molecule has 3 heterocycles. The Morgan fingerprint density at radius 1 is 1.08 bits per heavy atom. The average molecular weight is 509 g/mol. The van der Waals surface area contributed by atoms with E-state index in [1.54, 1.807) is 38.2 Å². The zero-order chi connectivity index (χ0) is 26.6. The molecule has 4 rings (SSSR count). The van der Waals surface area contributed by atoms with Crippen LogP contribution in [0.25, 0.3) is 10.9 Å². The smallest absolute Gasteiger partial charge is 0.373 e. The van der Waals surface area contributed by atoms with Gasteiger partial charge in [-0.25, -0.2) is 0 Å². The molecule has 1 aliphatic heterocycles. The average Bonchev–Trinajstić information content (AvgIpc) is 3.20. The van der Waals surface area contributed by atoms with Crippen LogP contribution in [0.2, 0.25) is 0 Å². The van der Waals surface area contributed by atoms with E-state index in [4.69, 9.17) is 0 Å². The number of hydrogen-bond donors (Lipinski definition) is 1. The molecule has 194 valence electrons. The maximum atomic E-state index is 13.5. The van der Waals surface area contributed by atoms with E-state index >= 15 is 0 Å². The van der Waals surface area contributed by atoms with Gasteiger partial charge in [-0.15, -0.1) is 0 Å². The van der Waals surface area contributed by atoms with E-state index in [0.29, 0.717) is 23.4 Å². The fourth-order valence-electron chi connectivity index (χ4n) is 4.39. The number of aromatic nitrogens is 2. The Hall–Kier alpha value is -3.53. The molecule has 1 N–H and O–H groups in total.